The second-order valence-electron chi connectivity index (χ2n) is 4.87. The Morgan fingerprint density at radius 3 is 2.38 bits per heavy atom. The molecule has 0 unspecified atom stereocenters. The molecular formula is C11H18N2O3. The summed E-state index contributed by atoms with van der Waals surface area (Å²) in [7, 11) is 2.07. The second kappa shape index (κ2) is 4.41. The van der Waals surface area contributed by atoms with Gasteiger partial charge in [-0.05, 0) is 39.4 Å². The highest BCUT2D eigenvalue weighted by Crippen LogP contribution is 2.38. The van der Waals surface area contributed by atoms with E-state index in [1.807, 2.05) is 0 Å². The molecule has 2 fully saturated rings. The lowest BCUT2D eigenvalue weighted by Gasteiger charge is -2.29. The van der Waals surface area contributed by atoms with Crippen LogP contribution in [0.3, 0.4) is 0 Å². The first-order chi connectivity index (χ1) is 7.58. The van der Waals surface area contributed by atoms with Gasteiger partial charge in [0, 0.05) is 6.04 Å². The van der Waals surface area contributed by atoms with Gasteiger partial charge in [0.2, 0.25) is 5.91 Å². The minimum atomic E-state index is -0.844. The Morgan fingerprint density at radius 1 is 1.25 bits per heavy atom. The predicted molar refractivity (Wildman–Crippen MR) is 57.9 cm³/mol. The molecule has 1 amide bonds. The number of carboxylic acid groups (broad SMARTS) is 1. The molecule has 0 spiro atoms. The van der Waals surface area contributed by atoms with Crippen LogP contribution in [0, 0.1) is 11.8 Å². The van der Waals surface area contributed by atoms with E-state index in [9.17, 15) is 9.59 Å². The van der Waals surface area contributed by atoms with Crippen molar-refractivity contribution < 1.29 is 14.7 Å². The van der Waals surface area contributed by atoms with Crippen LogP contribution in [0.1, 0.15) is 19.3 Å². The Bertz CT molecular complexity index is 298. The van der Waals surface area contributed by atoms with E-state index in [4.69, 9.17) is 5.11 Å². The molecule has 2 atom stereocenters. The third kappa shape index (κ3) is 2.52. The fraction of sp³-hybridized carbons (Fsp3) is 0.818. The number of carboxylic acids is 1. The van der Waals surface area contributed by atoms with E-state index in [0.717, 1.165) is 25.9 Å². The van der Waals surface area contributed by atoms with Crippen LogP contribution in [0.5, 0.6) is 0 Å². The number of carbonyl (C=O) groups excluding carboxylic acids is 1. The van der Waals surface area contributed by atoms with E-state index in [-0.39, 0.29) is 17.9 Å². The number of rotatable bonds is 3. The summed E-state index contributed by atoms with van der Waals surface area (Å²) in [5.41, 5.74) is 0. The minimum absolute atomic E-state index is 0.0676. The van der Waals surface area contributed by atoms with Crippen molar-refractivity contribution in [2.75, 3.05) is 20.1 Å². The zero-order chi connectivity index (χ0) is 11.7. The lowest BCUT2D eigenvalue weighted by Crippen LogP contribution is -2.44. The van der Waals surface area contributed by atoms with Gasteiger partial charge in [-0.25, -0.2) is 0 Å². The van der Waals surface area contributed by atoms with Gasteiger partial charge >= 0.3 is 5.97 Å². The highest BCUT2D eigenvalue weighted by atomic mass is 16.4. The Labute approximate surface area is 94.8 Å². The topological polar surface area (TPSA) is 69.6 Å². The summed E-state index contributed by atoms with van der Waals surface area (Å²) in [6.45, 7) is 2.00. The standard InChI is InChI=1S/C11H18N2O3/c1-13-4-2-7(3-5-13)12-10(14)8-6-9(8)11(15)16/h7-9H,2-6H2,1H3,(H,12,14)(H,15,16)/t8-,9+/m1/s1. The molecule has 90 valence electrons. The molecule has 0 aromatic rings. The zero-order valence-corrected chi connectivity index (χ0v) is 9.48. The fourth-order valence-corrected chi connectivity index (χ4v) is 2.22. The normalized spacial score (nSPS) is 31.1. The van der Waals surface area contributed by atoms with E-state index in [1.54, 1.807) is 0 Å². The molecule has 0 aromatic heterocycles. The molecule has 2 rings (SSSR count). The molecule has 2 aliphatic rings. The molecule has 0 aromatic carbocycles. The first-order valence-electron chi connectivity index (χ1n) is 5.79. The summed E-state index contributed by atoms with van der Waals surface area (Å²) in [5, 5.41) is 11.7. The maximum atomic E-state index is 11.7. The molecule has 1 saturated heterocycles. The molecule has 5 heteroatoms. The number of nitrogens with one attached hydrogen (secondary N) is 1. The van der Waals surface area contributed by atoms with Crippen molar-refractivity contribution in [2.24, 2.45) is 11.8 Å². The van der Waals surface area contributed by atoms with Crippen molar-refractivity contribution in [1.29, 1.82) is 0 Å². The van der Waals surface area contributed by atoms with Crippen LogP contribution in [0.2, 0.25) is 0 Å². The van der Waals surface area contributed by atoms with Crippen LogP contribution in [0.15, 0.2) is 0 Å². The second-order valence-corrected chi connectivity index (χ2v) is 4.87. The van der Waals surface area contributed by atoms with Crippen molar-refractivity contribution in [3.8, 4) is 0 Å². The molecule has 0 radical (unpaired) electrons. The number of hydrogen-bond acceptors (Lipinski definition) is 3. The van der Waals surface area contributed by atoms with Crippen LogP contribution >= 0.6 is 0 Å². The number of carbonyl (C=O) groups is 2. The number of piperidine rings is 1. The zero-order valence-electron chi connectivity index (χ0n) is 9.48. The quantitative estimate of drug-likeness (QED) is 0.706. The Hall–Kier alpha value is -1.10. The molecule has 5 nitrogen and oxygen atoms in total. The molecule has 2 N–H and O–H groups in total. The summed E-state index contributed by atoms with van der Waals surface area (Å²) in [6.07, 6.45) is 2.44. The van der Waals surface area contributed by atoms with Crippen LogP contribution in [-0.2, 0) is 9.59 Å². The predicted octanol–water partition coefficient (Wildman–Crippen LogP) is -0.0825. The van der Waals surface area contributed by atoms with Crippen molar-refractivity contribution in [3.05, 3.63) is 0 Å². The summed E-state index contributed by atoms with van der Waals surface area (Å²) >= 11 is 0. The molecule has 1 heterocycles. The van der Waals surface area contributed by atoms with Gasteiger partial charge in [-0.3, -0.25) is 9.59 Å². The highest BCUT2D eigenvalue weighted by Gasteiger charge is 2.48. The van der Waals surface area contributed by atoms with Crippen LogP contribution < -0.4 is 5.32 Å². The van der Waals surface area contributed by atoms with Gasteiger partial charge in [0.15, 0.2) is 0 Å². The Kier molecular flexibility index (Phi) is 3.14. The van der Waals surface area contributed by atoms with Gasteiger partial charge in [0.25, 0.3) is 0 Å². The van der Waals surface area contributed by atoms with Gasteiger partial charge in [-0.15, -0.1) is 0 Å². The molecular weight excluding hydrogens is 208 g/mol. The van der Waals surface area contributed by atoms with Crippen LogP contribution in [0.25, 0.3) is 0 Å². The van der Waals surface area contributed by atoms with E-state index in [1.165, 1.54) is 0 Å². The number of likely N-dealkylation sites (tertiary alicyclic amines) is 1. The number of hydrogen-bond donors (Lipinski definition) is 2. The molecule has 0 bridgehead atoms. The van der Waals surface area contributed by atoms with Gasteiger partial charge in [0.05, 0.1) is 11.8 Å². The van der Waals surface area contributed by atoms with Crippen molar-refractivity contribution in [1.82, 2.24) is 10.2 Å². The summed E-state index contributed by atoms with van der Waals surface area (Å²) < 4.78 is 0. The van der Waals surface area contributed by atoms with Gasteiger partial charge in [-0.2, -0.15) is 0 Å². The number of amides is 1. The van der Waals surface area contributed by atoms with Crippen LogP contribution in [-0.4, -0.2) is 48.1 Å². The van der Waals surface area contributed by atoms with Crippen molar-refractivity contribution in [3.63, 3.8) is 0 Å². The summed E-state index contributed by atoms with van der Waals surface area (Å²) in [5.74, 6) is -1.63. The molecule has 1 aliphatic carbocycles. The Morgan fingerprint density at radius 2 is 1.88 bits per heavy atom. The van der Waals surface area contributed by atoms with E-state index in [2.05, 4.69) is 17.3 Å². The molecule has 1 saturated carbocycles. The highest BCUT2D eigenvalue weighted by molar-refractivity contribution is 5.89. The number of nitrogens with zero attached hydrogens (tertiary/aromatic N) is 1. The SMILES string of the molecule is CN1CCC(NC(=O)[C@@H]2C[C@@H]2C(=O)O)CC1. The van der Waals surface area contributed by atoms with Crippen LogP contribution in [0.4, 0.5) is 0 Å². The van der Waals surface area contributed by atoms with E-state index < -0.39 is 11.9 Å². The largest absolute Gasteiger partial charge is 0.481 e. The fourth-order valence-electron chi connectivity index (χ4n) is 2.22. The Balaban J connectivity index is 1.74. The number of aliphatic carboxylic acids is 1. The first kappa shape index (κ1) is 11.4. The average Bonchev–Trinajstić information content (AvgIpc) is 3.01. The lowest BCUT2D eigenvalue weighted by molar-refractivity contribution is -0.140. The minimum Gasteiger partial charge on any atom is -0.481 e. The molecule has 1 aliphatic heterocycles. The van der Waals surface area contributed by atoms with Crippen molar-refractivity contribution in [2.45, 2.75) is 25.3 Å². The monoisotopic (exact) mass is 226 g/mol. The lowest BCUT2D eigenvalue weighted by atomic mass is 10.1. The van der Waals surface area contributed by atoms with E-state index in [0.29, 0.717) is 6.42 Å². The maximum Gasteiger partial charge on any atom is 0.307 e. The summed E-state index contributed by atoms with van der Waals surface area (Å²) in [4.78, 5) is 24.5. The average molecular weight is 226 g/mol. The van der Waals surface area contributed by atoms with Crippen molar-refractivity contribution >= 4 is 11.9 Å². The summed E-state index contributed by atoms with van der Waals surface area (Å²) in [6, 6.07) is 0.235. The van der Waals surface area contributed by atoms with Gasteiger partial charge in [-0.1, -0.05) is 0 Å². The van der Waals surface area contributed by atoms with Gasteiger partial charge < -0.3 is 15.3 Å². The third-order valence-corrected chi connectivity index (χ3v) is 3.51. The third-order valence-electron chi connectivity index (χ3n) is 3.51. The first-order valence-corrected chi connectivity index (χ1v) is 5.79. The smallest absolute Gasteiger partial charge is 0.307 e. The molecule has 16 heavy (non-hydrogen) atoms. The van der Waals surface area contributed by atoms with E-state index >= 15 is 0 Å². The maximum absolute atomic E-state index is 11.7. The van der Waals surface area contributed by atoms with Gasteiger partial charge in [0.1, 0.15) is 0 Å².